The van der Waals surface area contributed by atoms with Crippen LogP contribution in [0.1, 0.15) is 43.0 Å². The van der Waals surface area contributed by atoms with Crippen molar-refractivity contribution in [3.8, 4) is 11.8 Å². The highest BCUT2D eigenvalue weighted by Gasteiger charge is 2.33. The van der Waals surface area contributed by atoms with Crippen LogP contribution in [0.25, 0.3) is 0 Å². The lowest BCUT2D eigenvalue weighted by Crippen LogP contribution is -2.45. The normalized spacial score (nSPS) is 18.2. The molecule has 3 rings (SSSR count). The average Bonchev–Trinajstić information content (AvgIpc) is 2.64. The van der Waals surface area contributed by atoms with Crippen molar-refractivity contribution in [3.05, 3.63) is 65.2 Å². The van der Waals surface area contributed by atoms with Gasteiger partial charge in [-0.2, -0.15) is 5.26 Å². The standard InChI is InChI=1S/C21H24N4O/c1-21(2)12-18(17-6-4-5-7-19(17)26-21)25-20(23-3)24-14-16-10-8-15(13-22)9-11-16/h4-11,18H,12,14H2,1-3H3,(H2,23,24,25). The summed E-state index contributed by atoms with van der Waals surface area (Å²) < 4.78 is 6.09. The van der Waals surface area contributed by atoms with Crippen LogP contribution in [0.5, 0.6) is 5.75 Å². The molecule has 0 bridgehead atoms. The van der Waals surface area contributed by atoms with E-state index in [1.54, 1.807) is 7.05 Å². The number of para-hydroxylation sites is 1. The third-order valence-electron chi connectivity index (χ3n) is 4.45. The van der Waals surface area contributed by atoms with E-state index in [4.69, 9.17) is 10.00 Å². The van der Waals surface area contributed by atoms with Gasteiger partial charge in [0.25, 0.3) is 0 Å². The zero-order valence-electron chi connectivity index (χ0n) is 15.4. The summed E-state index contributed by atoms with van der Waals surface area (Å²) >= 11 is 0. The predicted molar refractivity (Wildman–Crippen MR) is 103 cm³/mol. The van der Waals surface area contributed by atoms with Gasteiger partial charge >= 0.3 is 0 Å². The highest BCUT2D eigenvalue weighted by atomic mass is 16.5. The minimum absolute atomic E-state index is 0.127. The molecule has 0 saturated carbocycles. The van der Waals surface area contributed by atoms with Crippen LogP contribution in [0.15, 0.2) is 53.5 Å². The largest absolute Gasteiger partial charge is 0.487 e. The minimum Gasteiger partial charge on any atom is -0.487 e. The third kappa shape index (κ3) is 4.15. The van der Waals surface area contributed by atoms with Crippen molar-refractivity contribution in [2.24, 2.45) is 4.99 Å². The number of hydrogen-bond donors (Lipinski definition) is 2. The summed E-state index contributed by atoms with van der Waals surface area (Å²) in [6.45, 7) is 4.84. The molecule has 134 valence electrons. The van der Waals surface area contributed by atoms with E-state index in [0.29, 0.717) is 12.1 Å². The zero-order chi connectivity index (χ0) is 18.6. The number of nitrogens with zero attached hydrogens (tertiary/aromatic N) is 2. The fourth-order valence-electron chi connectivity index (χ4n) is 3.17. The van der Waals surface area contributed by atoms with E-state index in [9.17, 15) is 0 Å². The van der Waals surface area contributed by atoms with Crippen LogP contribution in [0.2, 0.25) is 0 Å². The van der Waals surface area contributed by atoms with Crippen molar-refractivity contribution in [2.45, 2.75) is 38.5 Å². The van der Waals surface area contributed by atoms with E-state index in [-0.39, 0.29) is 11.6 Å². The first kappa shape index (κ1) is 17.8. The second-order valence-electron chi connectivity index (χ2n) is 7.04. The van der Waals surface area contributed by atoms with Gasteiger partial charge in [0.05, 0.1) is 17.7 Å². The van der Waals surface area contributed by atoms with Gasteiger partial charge in [0.2, 0.25) is 0 Å². The molecule has 1 heterocycles. The topological polar surface area (TPSA) is 69.4 Å². The molecule has 1 unspecified atom stereocenters. The quantitative estimate of drug-likeness (QED) is 0.658. The van der Waals surface area contributed by atoms with Crippen molar-refractivity contribution < 1.29 is 4.74 Å². The number of aliphatic imine (C=N–C) groups is 1. The van der Waals surface area contributed by atoms with Gasteiger partial charge in [-0.1, -0.05) is 30.3 Å². The molecule has 2 aromatic rings. The van der Waals surface area contributed by atoms with Crippen molar-refractivity contribution in [3.63, 3.8) is 0 Å². The second kappa shape index (κ2) is 7.49. The Morgan fingerprint density at radius 1 is 1.23 bits per heavy atom. The summed E-state index contributed by atoms with van der Waals surface area (Å²) in [5.74, 6) is 1.66. The number of guanidine groups is 1. The Morgan fingerprint density at radius 2 is 1.96 bits per heavy atom. The molecule has 1 atom stereocenters. The lowest BCUT2D eigenvalue weighted by atomic mass is 9.90. The van der Waals surface area contributed by atoms with Crippen LogP contribution < -0.4 is 15.4 Å². The molecule has 5 heteroatoms. The maximum absolute atomic E-state index is 8.88. The second-order valence-corrected chi connectivity index (χ2v) is 7.04. The van der Waals surface area contributed by atoms with Crippen LogP contribution in [-0.2, 0) is 6.54 Å². The zero-order valence-corrected chi connectivity index (χ0v) is 15.4. The average molecular weight is 348 g/mol. The number of rotatable bonds is 3. The summed E-state index contributed by atoms with van der Waals surface area (Å²) in [6.07, 6.45) is 0.849. The number of hydrogen-bond acceptors (Lipinski definition) is 3. The summed E-state index contributed by atoms with van der Waals surface area (Å²) in [6, 6.07) is 17.9. The number of fused-ring (bicyclic) bond motifs is 1. The molecule has 1 aliphatic rings. The van der Waals surface area contributed by atoms with E-state index in [2.05, 4.69) is 41.6 Å². The summed E-state index contributed by atoms with van der Waals surface area (Å²) in [4.78, 5) is 4.35. The molecule has 0 aliphatic carbocycles. The Labute approximate surface area is 154 Å². The molecule has 26 heavy (non-hydrogen) atoms. The van der Waals surface area contributed by atoms with Crippen molar-refractivity contribution in [2.75, 3.05) is 7.05 Å². The monoisotopic (exact) mass is 348 g/mol. The molecule has 2 N–H and O–H groups in total. The highest BCUT2D eigenvalue weighted by Crippen LogP contribution is 2.39. The first-order chi connectivity index (χ1) is 12.5. The smallest absolute Gasteiger partial charge is 0.191 e. The lowest BCUT2D eigenvalue weighted by Gasteiger charge is -2.38. The maximum Gasteiger partial charge on any atom is 0.191 e. The number of ether oxygens (including phenoxy) is 1. The van der Waals surface area contributed by atoms with Crippen molar-refractivity contribution in [1.82, 2.24) is 10.6 Å². The highest BCUT2D eigenvalue weighted by molar-refractivity contribution is 5.80. The van der Waals surface area contributed by atoms with E-state index in [0.717, 1.165) is 29.3 Å². The van der Waals surface area contributed by atoms with Gasteiger partial charge in [0.1, 0.15) is 11.4 Å². The molecule has 0 saturated heterocycles. The first-order valence-corrected chi connectivity index (χ1v) is 8.75. The maximum atomic E-state index is 8.88. The minimum atomic E-state index is -0.238. The molecular formula is C21H24N4O. The molecule has 0 fully saturated rings. The fraction of sp³-hybridized carbons (Fsp3) is 0.333. The number of nitriles is 1. The van der Waals surface area contributed by atoms with Crippen LogP contribution in [0, 0.1) is 11.3 Å². The van der Waals surface area contributed by atoms with E-state index in [1.807, 2.05) is 42.5 Å². The predicted octanol–water partition coefficient (Wildman–Crippen LogP) is 3.53. The molecular weight excluding hydrogens is 324 g/mol. The summed E-state index contributed by atoms with van der Waals surface area (Å²) in [5, 5.41) is 15.7. The van der Waals surface area contributed by atoms with Crippen molar-refractivity contribution in [1.29, 1.82) is 5.26 Å². The van der Waals surface area contributed by atoms with Gasteiger partial charge in [-0.3, -0.25) is 4.99 Å². The summed E-state index contributed by atoms with van der Waals surface area (Å²) in [7, 11) is 1.77. The Balaban J connectivity index is 1.69. The Morgan fingerprint density at radius 3 is 2.65 bits per heavy atom. The van der Waals surface area contributed by atoms with Crippen LogP contribution in [0.3, 0.4) is 0 Å². The van der Waals surface area contributed by atoms with Crippen molar-refractivity contribution >= 4 is 5.96 Å². The molecule has 2 aromatic carbocycles. The molecule has 0 aromatic heterocycles. The Bertz CT molecular complexity index is 834. The van der Waals surface area contributed by atoms with Gasteiger partial charge in [-0.25, -0.2) is 0 Å². The number of benzene rings is 2. The fourth-order valence-corrected chi connectivity index (χ4v) is 3.17. The van der Waals surface area contributed by atoms with Gasteiger partial charge in [0, 0.05) is 25.6 Å². The van der Waals surface area contributed by atoms with Gasteiger partial charge < -0.3 is 15.4 Å². The van der Waals surface area contributed by atoms with E-state index < -0.39 is 0 Å². The molecule has 1 aliphatic heterocycles. The van der Waals surface area contributed by atoms with Gasteiger partial charge in [-0.05, 0) is 37.6 Å². The molecule has 0 radical (unpaired) electrons. The SMILES string of the molecule is CN=C(NCc1ccc(C#N)cc1)NC1CC(C)(C)Oc2ccccc21. The van der Waals surface area contributed by atoms with Gasteiger partial charge in [0.15, 0.2) is 5.96 Å². The van der Waals surface area contributed by atoms with E-state index >= 15 is 0 Å². The lowest BCUT2D eigenvalue weighted by molar-refractivity contribution is 0.0694. The first-order valence-electron chi connectivity index (χ1n) is 8.75. The molecule has 0 spiro atoms. The Hall–Kier alpha value is -3.00. The van der Waals surface area contributed by atoms with Gasteiger partial charge in [-0.15, -0.1) is 0 Å². The Kier molecular flexibility index (Phi) is 5.13. The van der Waals surface area contributed by atoms with Crippen LogP contribution in [0.4, 0.5) is 0 Å². The number of nitrogens with one attached hydrogen (secondary N) is 2. The summed E-state index contributed by atoms with van der Waals surface area (Å²) in [5.41, 5.74) is 2.67. The van der Waals surface area contributed by atoms with Crippen LogP contribution in [-0.4, -0.2) is 18.6 Å². The van der Waals surface area contributed by atoms with E-state index in [1.165, 1.54) is 0 Å². The molecule has 5 nitrogen and oxygen atoms in total. The van der Waals surface area contributed by atoms with Crippen LogP contribution >= 0.6 is 0 Å². The third-order valence-corrected chi connectivity index (χ3v) is 4.45. The molecule has 0 amide bonds.